The van der Waals surface area contributed by atoms with Crippen molar-refractivity contribution in [2.24, 2.45) is 0 Å². The number of benzene rings is 1. The Balaban J connectivity index is 3.08. The van der Waals surface area contributed by atoms with Crippen LogP contribution in [0.5, 0.6) is 0 Å². The van der Waals surface area contributed by atoms with Gasteiger partial charge in [-0.1, -0.05) is 30.3 Å². The molecule has 1 rings (SSSR count). The molecule has 0 aliphatic rings. The summed E-state index contributed by atoms with van der Waals surface area (Å²) < 4.78 is 18.8. The Kier molecular flexibility index (Phi) is 6.59. The van der Waals surface area contributed by atoms with Gasteiger partial charge in [0.25, 0.3) is 0 Å². The van der Waals surface area contributed by atoms with Crippen molar-refractivity contribution in [2.75, 3.05) is 0 Å². The Hall–Kier alpha value is -0.683. The van der Waals surface area contributed by atoms with Crippen LogP contribution in [0.15, 0.2) is 30.3 Å². The maximum atomic E-state index is 6.35. The molecule has 0 aliphatic heterocycles. The average molecular weight is 311 g/mol. The molecule has 0 aliphatic carbocycles. The van der Waals surface area contributed by atoms with Gasteiger partial charge in [-0.3, -0.25) is 0 Å². The van der Waals surface area contributed by atoms with Gasteiger partial charge in [0.15, 0.2) is 0 Å². The molecular formula is C17H30O3Si. The molecule has 0 atom stereocenters. The molecule has 0 unspecified atom stereocenters. The zero-order valence-electron chi connectivity index (χ0n) is 14.5. The summed E-state index contributed by atoms with van der Waals surface area (Å²) in [6.07, 6.45) is 0.142. The molecule has 0 heterocycles. The minimum absolute atomic E-state index is 0.0708. The summed E-state index contributed by atoms with van der Waals surface area (Å²) in [5, 5.41) is 0. The van der Waals surface area contributed by atoms with Gasteiger partial charge in [-0.05, 0) is 54.0 Å². The predicted octanol–water partition coefficient (Wildman–Crippen LogP) is 4.37. The monoisotopic (exact) mass is 310 g/mol. The molecule has 0 aromatic heterocycles. The van der Waals surface area contributed by atoms with Gasteiger partial charge in [0.1, 0.15) is 0 Å². The summed E-state index contributed by atoms with van der Waals surface area (Å²) >= 11 is 0. The molecule has 21 heavy (non-hydrogen) atoms. The first-order valence-electron chi connectivity index (χ1n) is 7.72. The van der Waals surface area contributed by atoms with Crippen LogP contribution in [0, 0.1) is 0 Å². The smallest absolute Gasteiger partial charge is 0.371 e. The highest BCUT2D eigenvalue weighted by Crippen LogP contribution is 2.26. The van der Waals surface area contributed by atoms with E-state index in [2.05, 4.69) is 12.1 Å². The third kappa shape index (κ3) is 7.22. The van der Waals surface area contributed by atoms with Gasteiger partial charge in [-0.2, -0.15) is 0 Å². The summed E-state index contributed by atoms with van der Waals surface area (Å²) in [5.41, 5.74) is 0.889. The van der Waals surface area contributed by atoms with Gasteiger partial charge in [-0.15, -0.1) is 0 Å². The molecule has 0 amide bonds. The van der Waals surface area contributed by atoms with E-state index in [-0.39, 0.29) is 17.8 Å². The van der Waals surface area contributed by atoms with Crippen LogP contribution in [-0.2, 0) is 19.3 Å². The van der Waals surface area contributed by atoms with Gasteiger partial charge < -0.3 is 13.3 Å². The molecule has 4 heteroatoms. The van der Waals surface area contributed by atoms with Crippen molar-refractivity contribution in [3.63, 3.8) is 0 Å². The zero-order valence-corrected chi connectivity index (χ0v) is 15.5. The summed E-state index contributed by atoms with van der Waals surface area (Å²) in [6.45, 7) is 14.3. The normalized spacial score (nSPS) is 13.2. The number of rotatable bonds is 7. The summed E-state index contributed by atoms with van der Waals surface area (Å²) in [6, 6.07) is 11.0. The van der Waals surface area contributed by atoms with E-state index >= 15 is 0 Å². The molecular weight excluding hydrogens is 280 g/mol. The van der Waals surface area contributed by atoms with Gasteiger partial charge in [0.2, 0.25) is 0 Å². The first-order chi connectivity index (χ1) is 9.62. The molecule has 3 nitrogen and oxygen atoms in total. The minimum Gasteiger partial charge on any atom is -0.371 e. The second kappa shape index (κ2) is 7.54. The van der Waals surface area contributed by atoms with E-state index in [4.69, 9.17) is 13.3 Å². The lowest BCUT2D eigenvalue weighted by atomic mass is 10.2. The molecule has 1 aromatic carbocycles. The molecule has 0 saturated carbocycles. The first-order valence-corrected chi connectivity index (χ1v) is 9.65. The van der Waals surface area contributed by atoms with Crippen LogP contribution in [0.1, 0.15) is 54.0 Å². The zero-order chi connectivity index (χ0) is 16.1. The van der Waals surface area contributed by atoms with E-state index in [1.54, 1.807) is 0 Å². The average Bonchev–Trinajstić information content (AvgIpc) is 2.24. The van der Waals surface area contributed by atoms with Crippen LogP contribution in [0.2, 0.25) is 0 Å². The molecule has 1 aromatic rings. The maximum absolute atomic E-state index is 6.35. The van der Waals surface area contributed by atoms with E-state index < -0.39 is 8.80 Å². The highest BCUT2D eigenvalue weighted by Gasteiger charge is 2.46. The van der Waals surface area contributed by atoms with Crippen LogP contribution >= 0.6 is 0 Å². The lowest BCUT2D eigenvalue weighted by molar-refractivity contribution is -0.0305. The Labute approximate surface area is 131 Å². The fourth-order valence-electron chi connectivity index (χ4n) is 2.23. The van der Waals surface area contributed by atoms with Crippen molar-refractivity contribution in [3.8, 4) is 0 Å². The molecule has 0 radical (unpaired) electrons. The van der Waals surface area contributed by atoms with E-state index in [1.807, 2.05) is 66.7 Å². The van der Waals surface area contributed by atoms with E-state index in [0.29, 0.717) is 6.04 Å². The highest BCUT2D eigenvalue weighted by atomic mass is 28.4. The van der Waals surface area contributed by atoms with Crippen molar-refractivity contribution >= 4 is 8.80 Å². The van der Waals surface area contributed by atoms with E-state index in [0.717, 1.165) is 0 Å². The Morgan fingerprint density at radius 3 is 1.76 bits per heavy atom. The van der Waals surface area contributed by atoms with E-state index in [9.17, 15) is 0 Å². The number of hydrogen-bond donors (Lipinski definition) is 0. The molecule has 0 N–H and O–H groups in total. The SMILES string of the molecule is CC(C)O[Si](Cc1ccccc1)(OC(C)C)OC(C)(C)C. The van der Waals surface area contributed by atoms with Gasteiger partial charge in [0.05, 0.1) is 5.60 Å². The second-order valence-corrected chi connectivity index (χ2v) is 9.29. The molecule has 0 spiro atoms. The minimum atomic E-state index is -2.80. The fourth-order valence-corrected chi connectivity index (χ4v) is 5.72. The third-order valence-corrected chi connectivity index (χ3v) is 5.98. The molecule has 120 valence electrons. The standard InChI is InChI=1S/C17H30O3Si/c1-14(2)18-21(19-15(3)4,20-17(5,6)7)13-16-11-9-8-10-12-16/h8-12,14-15H,13H2,1-7H3. The van der Waals surface area contributed by atoms with Crippen LogP contribution < -0.4 is 0 Å². The Morgan fingerprint density at radius 1 is 0.905 bits per heavy atom. The fraction of sp³-hybridized carbons (Fsp3) is 0.647. The molecule has 0 saturated heterocycles. The lowest BCUT2D eigenvalue weighted by Gasteiger charge is -2.38. The summed E-state index contributed by atoms with van der Waals surface area (Å²) in [4.78, 5) is 0. The van der Waals surface area contributed by atoms with Crippen LogP contribution in [0.4, 0.5) is 0 Å². The molecule has 0 bridgehead atoms. The quantitative estimate of drug-likeness (QED) is 0.700. The van der Waals surface area contributed by atoms with Crippen molar-refractivity contribution < 1.29 is 13.3 Å². The van der Waals surface area contributed by atoms with Crippen LogP contribution in [0.25, 0.3) is 0 Å². The second-order valence-electron chi connectivity index (χ2n) is 6.89. The predicted molar refractivity (Wildman–Crippen MR) is 89.2 cm³/mol. The summed E-state index contributed by atoms with van der Waals surface area (Å²) in [7, 11) is -2.80. The van der Waals surface area contributed by atoms with Crippen LogP contribution in [0.3, 0.4) is 0 Å². The topological polar surface area (TPSA) is 27.7 Å². The highest BCUT2D eigenvalue weighted by molar-refractivity contribution is 6.60. The largest absolute Gasteiger partial charge is 0.506 e. The number of hydrogen-bond acceptors (Lipinski definition) is 3. The van der Waals surface area contributed by atoms with Gasteiger partial charge in [0, 0.05) is 18.3 Å². The van der Waals surface area contributed by atoms with Crippen molar-refractivity contribution in [3.05, 3.63) is 35.9 Å². The van der Waals surface area contributed by atoms with E-state index in [1.165, 1.54) is 5.56 Å². The van der Waals surface area contributed by atoms with Gasteiger partial charge in [-0.25, -0.2) is 0 Å². The van der Waals surface area contributed by atoms with Crippen molar-refractivity contribution in [1.82, 2.24) is 0 Å². The van der Waals surface area contributed by atoms with Gasteiger partial charge >= 0.3 is 8.80 Å². The van der Waals surface area contributed by atoms with Crippen molar-refractivity contribution in [1.29, 1.82) is 0 Å². The first kappa shape index (κ1) is 18.4. The third-order valence-electron chi connectivity index (χ3n) is 2.56. The summed E-state index contributed by atoms with van der Waals surface area (Å²) in [5.74, 6) is 0. The lowest BCUT2D eigenvalue weighted by Crippen LogP contribution is -2.55. The van der Waals surface area contributed by atoms with Crippen molar-refractivity contribution in [2.45, 2.75) is 72.3 Å². The van der Waals surface area contributed by atoms with Crippen LogP contribution in [-0.4, -0.2) is 26.6 Å². The molecule has 0 fully saturated rings. The maximum Gasteiger partial charge on any atom is 0.506 e. The Morgan fingerprint density at radius 2 is 1.38 bits per heavy atom. The Bertz CT molecular complexity index is 400.